The van der Waals surface area contributed by atoms with Gasteiger partial charge in [0, 0.05) is 11.5 Å². The van der Waals surface area contributed by atoms with Crippen LogP contribution in [0.1, 0.15) is 75.3 Å². The molecule has 0 aromatic heterocycles. The predicted octanol–water partition coefficient (Wildman–Crippen LogP) is 10.2. The van der Waals surface area contributed by atoms with Gasteiger partial charge in [-0.2, -0.15) is 8.78 Å². The second-order valence-electron chi connectivity index (χ2n) is 9.53. The van der Waals surface area contributed by atoms with Crippen molar-refractivity contribution in [2.75, 3.05) is 0 Å². The van der Waals surface area contributed by atoms with Crippen LogP contribution < -0.4 is 0 Å². The van der Waals surface area contributed by atoms with Crippen molar-refractivity contribution in [3.63, 3.8) is 0 Å². The van der Waals surface area contributed by atoms with Gasteiger partial charge < -0.3 is 0 Å². The Labute approximate surface area is 201 Å². The molecular weight excluding hydrogens is 462 g/mol. The molecule has 4 rings (SSSR count). The third kappa shape index (κ3) is 5.57. The Kier molecular flexibility index (Phi) is 7.88. The molecule has 1 aliphatic carbocycles. The molecule has 0 radical (unpaired) electrons. The first kappa shape index (κ1) is 25.3. The van der Waals surface area contributed by atoms with Crippen molar-refractivity contribution < 1.29 is 26.3 Å². The monoisotopic (exact) mass is 490 g/mol. The molecule has 0 bridgehead atoms. The van der Waals surface area contributed by atoms with E-state index in [2.05, 4.69) is 6.92 Å². The van der Waals surface area contributed by atoms with Crippen LogP contribution in [0.15, 0.2) is 42.5 Å². The Morgan fingerprint density at radius 3 is 2.17 bits per heavy atom. The molecule has 1 fully saturated rings. The summed E-state index contributed by atoms with van der Waals surface area (Å²) in [4.78, 5) is 0. The molecule has 0 nitrogen and oxygen atoms in total. The van der Waals surface area contributed by atoms with E-state index in [9.17, 15) is 17.6 Å². The van der Waals surface area contributed by atoms with E-state index in [0.29, 0.717) is 11.5 Å². The van der Waals surface area contributed by atoms with Crippen molar-refractivity contribution in [3.05, 3.63) is 76.9 Å². The van der Waals surface area contributed by atoms with Crippen molar-refractivity contribution in [3.8, 4) is 11.1 Å². The molecule has 0 saturated heterocycles. The average molecular weight is 491 g/mol. The van der Waals surface area contributed by atoms with Crippen molar-refractivity contribution in [1.29, 1.82) is 0 Å². The van der Waals surface area contributed by atoms with Gasteiger partial charge in [0.1, 0.15) is 23.3 Å². The Bertz CT molecular complexity index is 1210. The highest BCUT2D eigenvalue weighted by molar-refractivity contribution is 5.90. The van der Waals surface area contributed by atoms with Gasteiger partial charge in [-0.1, -0.05) is 44.7 Å². The maximum Gasteiger partial charge on any atom is 0.271 e. The highest BCUT2D eigenvalue weighted by atomic mass is 19.3. The first-order chi connectivity index (χ1) is 16.8. The summed E-state index contributed by atoms with van der Waals surface area (Å²) in [5.41, 5.74) is -0.369. The molecule has 186 valence electrons. The lowest BCUT2D eigenvalue weighted by Crippen LogP contribution is -2.14. The zero-order chi connectivity index (χ0) is 25.1. The quantitative estimate of drug-likeness (QED) is 0.228. The van der Waals surface area contributed by atoms with E-state index in [1.807, 2.05) is 0 Å². The summed E-state index contributed by atoms with van der Waals surface area (Å²) in [7, 11) is 0. The molecule has 35 heavy (non-hydrogen) atoms. The molecule has 6 heteroatoms. The number of benzene rings is 3. The van der Waals surface area contributed by atoms with E-state index in [4.69, 9.17) is 0 Å². The summed E-state index contributed by atoms with van der Waals surface area (Å²) >= 11 is 0. The number of fused-ring (bicyclic) bond motifs is 1. The van der Waals surface area contributed by atoms with Crippen molar-refractivity contribution in [1.82, 2.24) is 0 Å². The molecule has 0 atom stereocenters. The van der Waals surface area contributed by atoms with Gasteiger partial charge in [-0.25, -0.2) is 17.6 Å². The zero-order valence-corrected chi connectivity index (χ0v) is 19.6. The van der Waals surface area contributed by atoms with Crippen LogP contribution >= 0.6 is 0 Å². The van der Waals surface area contributed by atoms with Crippen LogP contribution in [0.3, 0.4) is 0 Å². The Morgan fingerprint density at radius 1 is 0.857 bits per heavy atom. The van der Waals surface area contributed by atoms with Gasteiger partial charge in [-0.15, -0.1) is 0 Å². The molecule has 0 unspecified atom stereocenters. The van der Waals surface area contributed by atoms with Crippen LogP contribution in [-0.4, -0.2) is 0 Å². The maximum atomic E-state index is 15.1. The summed E-state index contributed by atoms with van der Waals surface area (Å²) in [6.07, 6.45) is 6.69. The van der Waals surface area contributed by atoms with E-state index in [-0.39, 0.29) is 33.9 Å². The molecule has 0 aliphatic heterocycles. The lowest BCUT2D eigenvalue weighted by molar-refractivity contribution is 0.302. The fourth-order valence-electron chi connectivity index (χ4n) is 5.31. The normalized spacial score (nSPS) is 18.1. The van der Waals surface area contributed by atoms with Gasteiger partial charge in [-0.05, 0) is 78.3 Å². The third-order valence-electron chi connectivity index (χ3n) is 7.20. The number of hydrogen-bond acceptors (Lipinski definition) is 0. The topological polar surface area (TPSA) is 0 Å². The summed E-state index contributed by atoms with van der Waals surface area (Å²) in [5.74, 6) is -3.00. The minimum absolute atomic E-state index is 0.0261. The number of hydrogen-bond donors (Lipinski definition) is 0. The minimum Gasteiger partial charge on any atom is -0.206 e. The van der Waals surface area contributed by atoms with E-state index >= 15 is 8.78 Å². The number of halogens is 6. The molecule has 3 aromatic carbocycles. The van der Waals surface area contributed by atoms with Gasteiger partial charge in [0.25, 0.3) is 6.08 Å². The molecule has 3 aromatic rings. The van der Waals surface area contributed by atoms with Crippen LogP contribution in [0.5, 0.6) is 0 Å². The second kappa shape index (κ2) is 10.9. The van der Waals surface area contributed by atoms with Crippen LogP contribution in [0.4, 0.5) is 26.3 Å². The summed E-state index contributed by atoms with van der Waals surface area (Å²) in [6.45, 7) is 2.18. The van der Waals surface area contributed by atoms with Gasteiger partial charge in [0.15, 0.2) is 0 Å². The smallest absolute Gasteiger partial charge is 0.206 e. The zero-order valence-electron chi connectivity index (χ0n) is 19.6. The van der Waals surface area contributed by atoms with E-state index in [1.165, 1.54) is 56.0 Å². The Hall–Kier alpha value is -2.76. The van der Waals surface area contributed by atoms with Crippen molar-refractivity contribution >= 4 is 16.8 Å². The van der Waals surface area contributed by atoms with Crippen LogP contribution in [-0.2, 0) is 0 Å². The molecule has 0 heterocycles. The highest BCUT2D eigenvalue weighted by Crippen LogP contribution is 2.40. The lowest BCUT2D eigenvalue weighted by Gasteiger charge is -2.29. The summed E-state index contributed by atoms with van der Waals surface area (Å²) < 4.78 is 84.2. The first-order valence-corrected chi connectivity index (χ1v) is 12.2. The largest absolute Gasteiger partial charge is 0.271 e. The molecule has 0 spiro atoms. The average Bonchev–Trinajstić information content (AvgIpc) is 2.81. The number of rotatable bonds is 7. The number of unbranched alkanes of at least 4 members (excludes halogenated alkanes) is 2. The molecule has 1 saturated carbocycles. The van der Waals surface area contributed by atoms with Gasteiger partial charge >= 0.3 is 0 Å². The predicted molar refractivity (Wildman–Crippen MR) is 128 cm³/mol. The maximum absolute atomic E-state index is 15.1. The van der Waals surface area contributed by atoms with E-state index in [1.54, 1.807) is 0 Å². The second-order valence-corrected chi connectivity index (χ2v) is 9.53. The molecule has 1 aliphatic rings. The summed E-state index contributed by atoms with van der Waals surface area (Å²) in [6, 6.07) is 7.42. The highest BCUT2D eigenvalue weighted by Gasteiger charge is 2.25. The lowest BCUT2D eigenvalue weighted by atomic mass is 9.76. The standard InChI is InChI=1S/C29H28F6/c1-2-3-4-5-17-6-8-18(9-7-17)20-13-25(31)28(26(32)14-20)19-10-11-22-21(12-19)15-24(30)23(29(22)35)16-27(33)34/h10-18H,2-9H2,1H3. The van der Waals surface area contributed by atoms with E-state index < -0.39 is 34.9 Å². The third-order valence-corrected chi connectivity index (χ3v) is 7.20. The van der Waals surface area contributed by atoms with Crippen LogP contribution in [0.2, 0.25) is 0 Å². The van der Waals surface area contributed by atoms with Crippen molar-refractivity contribution in [2.45, 2.75) is 64.2 Å². The van der Waals surface area contributed by atoms with Crippen molar-refractivity contribution in [2.24, 2.45) is 5.92 Å². The van der Waals surface area contributed by atoms with Crippen LogP contribution in [0.25, 0.3) is 28.0 Å². The Morgan fingerprint density at radius 2 is 1.54 bits per heavy atom. The molecule has 0 amide bonds. The SMILES string of the molecule is CCCCCC1CCC(c2cc(F)c(-c3ccc4c(F)c(C=C(F)F)c(F)cc4c3)c(F)c2)CC1. The van der Waals surface area contributed by atoms with Gasteiger partial charge in [-0.3, -0.25) is 0 Å². The minimum atomic E-state index is -2.23. The summed E-state index contributed by atoms with van der Waals surface area (Å²) in [5, 5.41) is -0.0889. The molecule has 0 N–H and O–H groups in total. The van der Waals surface area contributed by atoms with Crippen LogP contribution in [0, 0.1) is 29.2 Å². The Balaban J connectivity index is 1.59. The fraction of sp³-hybridized carbons (Fsp3) is 0.379. The first-order valence-electron chi connectivity index (χ1n) is 12.2. The van der Waals surface area contributed by atoms with Gasteiger partial charge in [0.2, 0.25) is 0 Å². The van der Waals surface area contributed by atoms with Gasteiger partial charge in [0.05, 0.1) is 11.1 Å². The molecular formula is C29H28F6. The fourth-order valence-corrected chi connectivity index (χ4v) is 5.31. The van der Waals surface area contributed by atoms with E-state index in [0.717, 1.165) is 31.7 Å².